The first-order valence-corrected chi connectivity index (χ1v) is 7.42. The summed E-state index contributed by atoms with van der Waals surface area (Å²) in [6.45, 7) is 3.80. The monoisotopic (exact) mass is 330 g/mol. The molecule has 0 saturated carbocycles. The first kappa shape index (κ1) is 15.1. The number of aryl methyl sites for hydroxylation is 1. The maximum Gasteiger partial charge on any atom is 0.288 e. The summed E-state index contributed by atoms with van der Waals surface area (Å²) in [5.74, 6) is 0. The van der Waals surface area contributed by atoms with Gasteiger partial charge in [-0.3, -0.25) is 10.1 Å². The SMILES string of the molecule is Cc1cc([N+](=O)[O-])c(Cl)cc1NC(C)c1ccc(Cl)s1. The van der Waals surface area contributed by atoms with Crippen molar-refractivity contribution in [2.75, 3.05) is 5.32 Å². The highest BCUT2D eigenvalue weighted by atomic mass is 35.5. The Bertz CT molecular complexity index is 658. The summed E-state index contributed by atoms with van der Waals surface area (Å²) in [4.78, 5) is 11.4. The van der Waals surface area contributed by atoms with Crippen molar-refractivity contribution in [1.29, 1.82) is 0 Å². The number of anilines is 1. The van der Waals surface area contributed by atoms with E-state index < -0.39 is 4.92 Å². The molecule has 1 unspecified atom stereocenters. The number of thiophene rings is 1. The minimum absolute atomic E-state index is 0.0451. The van der Waals surface area contributed by atoms with E-state index in [0.29, 0.717) is 0 Å². The van der Waals surface area contributed by atoms with Crippen molar-refractivity contribution in [3.05, 3.63) is 54.2 Å². The molecular formula is C13H12Cl2N2O2S. The van der Waals surface area contributed by atoms with Gasteiger partial charge >= 0.3 is 0 Å². The number of nitro benzene ring substituents is 1. The maximum atomic E-state index is 10.8. The molecule has 0 aliphatic heterocycles. The summed E-state index contributed by atoms with van der Waals surface area (Å²) in [6, 6.07) is 6.89. The number of hydrogen-bond donors (Lipinski definition) is 1. The van der Waals surface area contributed by atoms with Crippen molar-refractivity contribution in [3.8, 4) is 0 Å². The Morgan fingerprint density at radius 3 is 2.60 bits per heavy atom. The summed E-state index contributed by atoms with van der Waals surface area (Å²) >= 11 is 13.3. The molecule has 0 aliphatic carbocycles. The molecule has 2 rings (SSSR count). The summed E-state index contributed by atoms with van der Waals surface area (Å²) < 4.78 is 0.729. The molecule has 1 aromatic carbocycles. The molecule has 20 heavy (non-hydrogen) atoms. The highest BCUT2D eigenvalue weighted by Crippen LogP contribution is 2.34. The van der Waals surface area contributed by atoms with Crippen LogP contribution in [0.3, 0.4) is 0 Å². The summed E-state index contributed by atoms with van der Waals surface area (Å²) in [5.41, 5.74) is 1.47. The molecular weight excluding hydrogens is 319 g/mol. The Morgan fingerprint density at radius 1 is 1.35 bits per heavy atom. The topological polar surface area (TPSA) is 55.2 Å². The molecule has 0 radical (unpaired) electrons. The van der Waals surface area contributed by atoms with E-state index in [1.165, 1.54) is 17.4 Å². The number of hydrogen-bond acceptors (Lipinski definition) is 4. The smallest absolute Gasteiger partial charge is 0.288 e. The number of nitrogens with one attached hydrogen (secondary N) is 1. The standard InChI is InChI=1S/C13H12Cl2N2O2S/c1-7-5-11(17(18)19)9(14)6-10(7)16-8(2)12-3-4-13(15)20-12/h3-6,8,16H,1-2H3. The third kappa shape index (κ3) is 3.23. The molecule has 7 heteroatoms. The minimum Gasteiger partial charge on any atom is -0.377 e. The van der Waals surface area contributed by atoms with E-state index in [1.54, 1.807) is 13.0 Å². The van der Waals surface area contributed by atoms with Gasteiger partial charge in [-0.1, -0.05) is 23.2 Å². The van der Waals surface area contributed by atoms with Crippen LogP contribution >= 0.6 is 34.5 Å². The van der Waals surface area contributed by atoms with Gasteiger partial charge in [0.2, 0.25) is 0 Å². The van der Waals surface area contributed by atoms with E-state index >= 15 is 0 Å². The van der Waals surface area contributed by atoms with Crippen LogP contribution in [0.2, 0.25) is 9.36 Å². The van der Waals surface area contributed by atoms with Gasteiger partial charge in [-0.2, -0.15) is 0 Å². The lowest BCUT2D eigenvalue weighted by Crippen LogP contribution is -2.06. The van der Waals surface area contributed by atoms with Gasteiger partial charge in [0, 0.05) is 16.6 Å². The van der Waals surface area contributed by atoms with Crippen molar-refractivity contribution in [3.63, 3.8) is 0 Å². The van der Waals surface area contributed by atoms with Crippen LogP contribution in [0.1, 0.15) is 23.4 Å². The Balaban J connectivity index is 2.25. The zero-order valence-electron chi connectivity index (χ0n) is 10.8. The lowest BCUT2D eigenvalue weighted by Gasteiger charge is -2.16. The van der Waals surface area contributed by atoms with E-state index in [9.17, 15) is 10.1 Å². The van der Waals surface area contributed by atoms with E-state index in [1.807, 2.05) is 19.1 Å². The second-order valence-corrected chi connectivity index (χ2v) is 6.54. The number of halogens is 2. The second kappa shape index (κ2) is 5.99. The van der Waals surface area contributed by atoms with Crippen molar-refractivity contribution < 1.29 is 4.92 Å². The van der Waals surface area contributed by atoms with E-state index in [-0.39, 0.29) is 16.8 Å². The van der Waals surface area contributed by atoms with Crippen molar-refractivity contribution in [1.82, 2.24) is 0 Å². The predicted octanol–water partition coefficient (Wildman–Crippen LogP) is 5.44. The van der Waals surface area contributed by atoms with Crippen molar-refractivity contribution in [2.45, 2.75) is 19.9 Å². The van der Waals surface area contributed by atoms with E-state index in [2.05, 4.69) is 5.32 Å². The third-order valence-corrected chi connectivity index (χ3v) is 4.60. The molecule has 0 bridgehead atoms. The maximum absolute atomic E-state index is 10.8. The largest absolute Gasteiger partial charge is 0.377 e. The van der Waals surface area contributed by atoms with Crippen LogP contribution in [0.25, 0.3) is 0 Å². The summed E-state index contributed by atoms with van der Waals surface area (Å²) in [6.07, 6.45) is 0. The van der Waals surface area contributed by atoms with Gasteiger partial charge in [0.15, 0.2) is 0 Å². The average Bonchev–Trinajstić information content (AvgIpc) is 2.79. The zero-order valence-corrected chi connectivity index (χ0v) is 13.1. The number of nitro groups is 1. The van der Waals surface area contributed by atoms with Crippen molar-refractivity contribution >= 4 is 45.9 Å². The fourth-order valence-electron chi connectivity index (χ4n) is 1.83. The lowest BCUT2D eigenvalue weighted by atomic mass is 10.1. The van der Waals surface area contributed by atoms with Crippen molar-refractivity contribution in [2.24, 2.45) is 0 Å². The Labute approximate surface area is 130 Å². The number of rotatable bonds is 4. The highest BCUT2D eigenvalue weighted by Gasteiger charge is 2.16. The van der Waals surface area contributed by atoms with Crippen LogP contribution in [0.4, 0.5) is 11.4 Å². The Kier molecular flexibility index (Phi) is 4.52. The first-order chi connectivity index (χ1) is 9.38. The van der Waals surface area contributed by atoms with E-state index in [4.69, 9.17) is 23.2 Å². The quantitative estimate of drug-likeness (QED) is 0.599. The molecule has 2 aromatic rings. The molecule has 106 valence electrons. The first-order valence-electron chi connectivity index (χ1n) is 5.85. The molecule has 0 spiro atoms. The third-order valence-electron chi connectivity index (χ3n) is 2.88. The van der Waals surface area contributed by atoms with Gasteiger partial charge in [-0.15, -0.1) is 11.3 Å². The molecule has 1 N–H and O–H groups in total. The van der Waals surface area contributed by atoms with E-state index in [0.717, 1.165) is 20.5 Å². The van der Waals surface area contributed by atoms with Crippen LogP contribution in [-0.2, 0) is 0 Å². The Morgan fingerprint density at radius 2 is 2.05 bits per heavy atom. The summed E-state index contributed by atoms with van der Waals surface area (Å²) in [7, 11) is 0. The average molecular weight is 331 g/mol. The molecule has 0 fully saturated rings. The van der Waals surface area contributed by atoms with Crippen LogP contribution < -0.4 is 5.32 Å². The molecule has 0 saturated heterocycles. The van der Waals surface area contributed by atoms with Gasteiger partial charge in [0.25, 0.3) is 5.69 Å². The molecule has 1 atom stereocenters. The second-order valence-electron chi connectivity index (χ2n) is 4.38. The fourth-order valence-corrected chi connectivity index (χ4v) is 3.12. The van der Waals surface area contributed by atoms with Crippen LogP contribution in [0, 0.1) is 17.0 Å². The predicted molar refractivity (Wildman–Crippen MR) is 84.2 cm³/mol. The molecule has 0 aliphatic rings. The Hall–Kier alpha value is -1.30. The summed E-state index contributed by atoms with van der Waals surface area (Å²) in [5, 5.41) is 14.2. The molecule has 4 nitrogen and oxygen atoms in total. The fraction of sp³-hybridized carbons (Fsp3) is 0.231. The minimum atomic E-state index is -0.485. The highest BCUT2D eigenvalue weighted by molar-refractivity contribution is 7.16. The molecule has 0 amide bonds. The van der Waals surface area contributed by atoms with Crippen LogP contribution in [-0.4, -0.2) is 4.92 Å². The van der Waals surface area contributed by atoms with Crippen LogP contribution in [0.15, 0.2) is 24.3 Å². The number of nitrogens with zero attached hydrogens (tertiary/aromatic N) is 1. The van der Waals surface area contributed by atoms with Gasteiger partial charge < -0.3 is 5.32 Å². The number of benzene rings is 1. The normalized spacial score (nSPS) is 12.2. The molecule has 1 aromatic heterocycles. The van der Waals surface area contributed by atoms with Gasteiger partial charge in [-0.05, 0) is 37.6 Å². The van der Waals surface area contributed by atoms with Gasteiger partial charge in [-0.25, -0.2) is 0 Å². The van der Waals surface area contributed by atoms with Crippen LogP contribution in [0.5, 0.6) is 0 Å². The zero-order chi connectivity index (χ0) is 14.9. The van der Waals surface area contributed by atoms with Gasteiger partial charge in [0.05, 0.1) is 15.3 Å². The molecule has 1 heterocycles. The lowest BCUT2D eigenvalue weighted by molar-refractivity contribution is -0.384. The van der Waals surface area contributed by atoms with Gasteiger partial charge in [0.1, 0.15) is 5.02 Å².